The summed E-state index contributed by atoms with van der Waals surface area (Å²) in [5.41, 5.74) is 3.31. The van der Waals surface area contributed by atoms with E-state index in [0.717, 1.165) is 37.4 Å². The largest absolute Gasteiger partial charge is 0.392 e. The van der Waals surface area contributed by atoms with Gasteiger partial charge < -0.3 is 10.0 Å². The van der Waals surface area contributed by atoms with Gasteiger partial charge >= 0.3 is 0 Å². The minimum absolute atomic E-state index is 0.0883. The van der Waals surface area contributed by atoms with Gasteiger partial charge in [-0.05, 0) is 42.3 Å². The lowest BCUT2D eigenvalue weighted by Gasteiger charge is -2.39. The molecule has 1 aliphatic heterocycles. The Balaban J connectivity index is 1.60. The Hall–Kier alpha value is -1.91. The van der Waals surface area contributed by atoms with E-state index in [1.807, 2.05) is 24.3 Å². The van der Waals surface area contributed by atoms with Crippen molar-refractivity contribution in [3.63, 3.8) is 0 Å². The quantitative estimate of drug-likeness (QED) is 0.939. The first-order valence-electron chi connectivity index (χ1n) is 8.11. The van der Waals surface area contributed by atoms with Gasteiger partial charge in [0, 0.05) is 37.9 Å². The topological polar surface area (TPSA) is 26.7 Å². The van der Waals surface area contributed by atoms with Gasteiger partial charge in [-0.25, -0.2) is 4.39 Å². The molecule has 0 amide bonds. The van der Waals surface area contributed by atoms with Gasteiger partial charge in [-0.3, -0.25) is 4.90 Å². The average Bonchev–Trinajstić information content (AvgIpc) is 2.62. The van der Waals surface area contributed by atoms with Gasteiger partial charge in [0.05, 0.1) is 6.61 Å². The van der Waals surface area contributed by atoms with Crippen LogP contribution in [0.1, 0.15) is 24.1 Å². The zero-order chi connectivity index (χ0) is 16.2. The van der Waals surface area contributed by atoms with Crippen LogP contribution in [-0.2, 0) is 6.61 Å². The number of rotatable bonds is 4. The van der Waals surface area contributed by atoms with Crippen LogP contribution in [0.15, 0.2) is 48.5 Å². The fraction of sp³-hybridized carbons (Fsp3) is 0.368. The fourth-order valence-electron chi connectivity index (χ4n) is 3.13. The minimum atomic E-state index is -0.188. The molecule has 1 heterocycles. The number of aliphatic hydroxyl groups excluding tert-OH is 1. The molecule has 1 N–H and O–H groups in total. The molecule has 1 saturated heterocycles. The van der Waals surface area contributed by atoms with Crippen molar-refractivity contribution in [3.05, 3.63) is 65.5 Å². The maximum absolute atomic E-state index is 13.0. The lowest BCUT2D eigenvalue weighted by Crippen LogP contribution is -2.47. The average molecular weight is 314 g/mol. The summed E-state index contributed by atoms with van der Waals surface area (Å²) in [6.07, 6.45) is 0. The van der Waals surface area contributed by atoms with E-state index in [9.17, 15) is 4.39 Å². The molecule has 4 heteroatoms. The van der Waals surface area contributed by atoms with E-state index in [-0.39, 0.29) is 12.4 Å². The lowest BCUT2D eigenvalue weighted by molar-refractivity contribution is 0.198. The standard InChI is InChI=1S/C19H23FN2O/c1-15(17-4-2-16(14-23)3-5-17)21-10-12-22(13-11-21)19-8-6-18(20)7-9-19/h2-9,15,23H,10-14H2,1H3/t15-/m0/s1. The van der Waals surface area contributed by atoms with Crippen molar-refractivity contribution in [2.75, 3.05) is 31.1 Å². The Kier molecular flexibility index (Phi) is 4.94. The van der Waals surface area contributed by atoms with Crippen LogP contribution in [0.4, 0.5) is 10.1 Å². The van der Waals surface area contributed by atoms with Crippen molar-refractivity contribution in [1.82, 2.24) is 4.90 Å². The van der Waals surface area contributed by atoms with E-state index in [1.165, 1.54) is 17.7 Å². The van der Waals surface area contributed by atoms with Crippen molar-refractivity contribution in [3.8, 4) is 0 Å². The molecular formula is C19H23FN2O. The van der Waals surface area contributed by atoms with Crippen LogP contribution in [0.25, 0.3) is 0 Å². The SMILES string of the molecule is C[C@@H](c1ccc(CO)cc1)N1CCN(c2ccc(F)cc2)CC1. The Bertz CT molecular complexity index is 619. The third-order valence-electron chi connectivity index (χ3n) is 4.70. The molecule has 0 spiro atoms. The van der Waals surface area contributed by atoms with Gasteiger partial charge in [0.1, 0.15) is 5.82 Å². The van der Waals surface area contributed by atoms with Crippen molar-refractivity contribution < 1.29 is 9.50 Å². The molecule has 2 aromatic rings. The van der Waals surface area contributed by atoms with Crippen LogP contribution in [-0.4, -0.2) is 36.2 Å². The first-order valence-corrected chi connectivity index (χ1v) is 8.11. The Morgan fingerprint density at radius 2 is 1.57 bits per heavy atom. The second-order valence-electron chi connectivity index (χ2n) is 6.08. The first kappa shape index (κ1) is 16.0. The molecule has 23 heavy (non-hydrogen) atoms. The number of hydrogen-bond acceptors (Lipinski definition) is 3. The van der Waals surface area contributed by atoms with Crippen LogP contribution in [0.5, 0.6) is 0 Å². The summed E-state index contributed by atoms with van der Waals surface area (Å²) in [6.45, 7) is 6.18. The summed E-state index contributed by atoms with van der Waals surface area (Å²) in [7, 11) is 0. The second-order valence-corrected chi connectivity index (χ2v) is 6.08. The lowest BCUT2D eigenvalue weighted by atomic mass is 10.0. The van der Waals surface area contributed by atoms with E-state index in [2.05, 4.69) is 28.9 Å². The van der Waals surface area contributed by atoms with Crippen LogP contribution < -0.4 is 4.90 Å². The predicted molar refractivity (Wildman–Crippen MR) is 91.0 cm³/mol. The van der Waals surface area contributed by atoms with Crippen molar-refractivity contribution >= 4 is 5.69 Å². The summed E-state index contributed by atoms with van der Waals surface area (Å²) >= 11 is 0. The van der Waals surface area contributed by atoms with Gasteiger partial charge in [-0.15, -0.1) is 0 Å². The molecule has 0 aromatic heterocycles. The number of anilines is 1. The summed E-state index contributed by atoms with van der Waals surface area (Å²) < 4.78 is 13.0. The van der Waals surface area contributed by atoms with Crippen LogP contribution in [0.3, 0.4) is 0 Å². The molecular weight excluding hydrogens is 291 g/mol. The zero-order valence-electron chi connectivity index (χ0n) is 13.5. The molecule has 3 rings (SSSR count). The maximum atomic E-state index is 13.0. The highest BCUT2D eigenvalue weighted by Gasteiger charge is 2.22. The number of hydrogen-bond donors (Lipinski definition) is 1. The highest BCUT2D eigenvalue weighted by molar-refractivity contribution is 5.46. The second kappa shape index (κ2) is 7.11. The third-order valence-corrected chi connectivity index (χ3v) is 4.70. The van der Waals surface area contributed by atoms with E-state index < -0.39 is 0 Å². The molecule has 0 bridgehead atoms. The summed E-state index contributed by atoms with van der Waals surface area (Å²) in [4.78, 5) is 4.77. The maximum Gasteiger partial charge on any atom is 0.123 e. The van der Waals surface area contributed by atoms with Crippen molar-refractivity contribution in [2.45, 2.75) is 19.6 Å². The third kappa shape index (κ3) is 3.71. The summed E-state index contributed by atoms with van der Waals surface area (Å²) in [6, 6.07) is 15.3. The van der Waals surface area contributed by atoms with E-state index in [4.69, 9.17) is 5.11 Å². The van der Waals surface area contributed by atoms with Crippen LogP contribution >= 0.6 is 0 Å². The highest BCUT2D eigenvalue weighted by Crippen LogP contribution is 2.24. The highest BCUT2D eigenvalue weighted by atomic mass is 19.1. The number of nitrogens with zero attached hydrogens (tertiary/aromatic N) is 2. The Labute approximate surface area is 137 Å². The molecule has 1 atom stereocenters. The molecule has 0 unspecified atom stereocenters. The van der Waals surface area contributed by atoms with E-state index in [1.54, 1.807) is 0 Å². The minimum Gasteiger partial charge on any atom is -0.392 e. The summed E-state index contributed by atoms with van der Waals surface area (Å²) in [5.74, 6) is -0.188. The van der Waals surface area contributed by atoms with Gasteiger partial charge in [-0.2, -0.15) is 0 Å². The zero-order valence-corrected chi connectivity index (χ0v) is 13.5. The fourth-order valence-corrected chi connectivity index (χ4v) is 3.13. The van der Waals surface area contributed by atoms with Gasteiger partial charge in [0.25, 0.3) is 0 Å². The summed E-state index contributed by atoms with van der Waals surface area (Å²) in [5, 5.41) is 9.13. The first-order chi connectivity index (χ1) is 11.2. The van der Waals surface area contributed by atoms with E-state index in [0.29, 0.717) is 6.04 Å². The predicted octanol–water partition coefficient (Wildman–Crippen LogP) is 3.20. The Morgan fingerprint density at radius 1 is 0.957 bits per heavy atom. The molecule has 122 valence electrons. The van der Waals surface area contributed by atoms with Gasteiger partial charge in [0.2, 0.25) is 0 Å². The van der Waals surface area contributed by atoms with Crippen LogP contribution in [0, 0.1) is 5.82 Å². The monoisotopic (exact) mass is 314 g/mol. The Morgan fingerprint density at radius 3 is 2.13 bits per heavy atom. The number of halogens is 1. The van der Waals surface area contributed by atoms with Crippen molar-refractivity contribution in [2.24, 2.45) is 0 Å². The van der Waals surface area contributed by atoms with E-state index >= 15 is 0 Å². The van der Waals surface area contributed by atoms with Gasteiger partial charge in [0.15, 0.2) is 0 Å². The van der Waals surface area contributed by atoms with Crippen LogP contribution in [0.2, 0.25) is 0 Å². The molecule has 0 saturated carbocycles. The van der Waals surface area contributed by atoms with Gasteiger partial charge in [-0.1, -0.05) is 24.3 Å². The number of aliphatic hydroxyl groups is 1. The van der Waals surface area contributed by atoms with Crippen molar-refractivity contribution in [1.29, 1.82) is 0 Å². The number of piperazine rings is 1. The molecule has 1 aliphatic rings. The normalized spacial score (nSPS) is 17.3. The molecule has 3 nitrogen and oxygen atoms in total. The smallest absolute Gasteiger partial charge is 0.123 e. The molecule has 0 radical (unpaired) electrons. The molecule has 0 aliphatic carbocycles. The molecule has 1 fully saturated rings. The number of benzene rings is 2. The molecule has 2 aromatic carbocycles.